The molecule has 0 aromatic heterocycles. The van der Waals surface area contributed by atoms with Crippen molar-refractivity contribution in [2.45, 2.75) is 141 Å². The second-order valence-corrected chi connectivity index (χ2v) is 9.25. The summed E-state index contributed by atoms with van der Waals surface area (Å²) in [5, 5.41) is 32.5. The summed E-state index contributed by atoms with van der Waals surface area (Å²) in [6.45, 7) is 4.06. The summed E-state index contributed by atoms with van der Waals surface area (Å²) in [7, 11) is 0. The summed E-state index contributed by atoms with van der Waals surface area (Å²) in [6, 6.07) is -0.805. The first-order valence-electron chi connectivity index (χ1n) is 13.7. The van der Waals surface area contributed by atoms with Gasteiger partial charge >= 0.3 is 0 Å². The normalized spacial score (nSPS) is 14.7. The number of hydrogen-bond donors (Lipinski definition) is 4. The summed E-state index contributed by atoms with van der Waals surface area (Å²) >= 11 is 0. The Morgan fingerprint density at radius 3 is 1.85 bits per heavy atom. The third-order valence-corrected chi connectivity index (χ3v) is 6.04. The van der Waals surface area contributed by atoms with Gasteiger partial charge in [0.25, 0.3) is 0 Å². The molecule has 1 amide bonds. The predicted molar refractivity (Wildman–Crippen MR) is 139 cm³/mol. The van der Waals surface area contributed by atoms with Crippen LogP contribution >= 0.6 is 0 Å². The third-order valence-electron chi connectivity index (χ3n) is 6.04. The van der Waals surface area contributed by atoms with Crippen molar-refractivity contribution in [3.63, 3.8) is 0 Å². The second-order valence-electron chi connectivity index (χ2n) is 9.25. The highest BCUT2D eigenvalue weighted by molar-refractivity contribution is 5.80. The van der Waals surface area contributed by atoms with Gasteiger partial charge in [-0.05, 0) is 32.1 Å². The van der Waals surface area contributed by atoms with Crippen LogP contribution in [0.4, 0.5) is 0 Å². The van der Waals surface area contributed by atoms with Crippen molar-refractivity contribution in [1.29, 1.82) is 0 Å². The van der Waals surface area contributed by atoms with Crippen LogP contribution in [0.15, 0.2) is 24.3 Å². The molecule has 5 nitrogen and oxygen atoms in total. The van der Waals surface area contributed by atoms with Crippen LogP contribution in [0.25, 0.3) is 0 Å². The van der Waals surface area contributed by atoms with E-state index in [1.807, 2.05) is 6.08 Å². The predicted octanol–water partition coefficient (Wildman–Crippen LogP) is 5.97. The summed E-state index contributed by atoms with van der Waals surface area (Å²) in [6.07, 6.45) is 24.8. The number of rotatable bonds is 23. The van der Waals surface area contributed by atoms with Gasteiger partial charge < -0.3 is 20.6 Å². The Balaban J connectivity index is 3.96. The van der Waals surface area contributed by atoms with Crippen molar-refractivity contribution in [3.05, 3.63) is 24.3 Å². The van der Waals surface area contributed by atoms with E-state index in [0.717, 1.165) is 38.5 Å². The van der Waals surface area contributed by atoms with Gasteiger partial charge in [0.1, 0.15) is 6.10 Å². The molecule has 0 rings (SSSR count). The smallest absolute Gasteiger partial charge is 0.249 e. The van der Waals surface area contributed by atoms with Crippen molar-refractivity contribution in [2.75, 3.05) is 6.61 Å². The average Bonchev–Trinajstić information content (AvgIpc) is 2.82. The standard InChI is InChI=1S/C28H53NO4/c1-3-5-7-9-11-13-15-16-18-20-22-26(31)25(24-30)29-28(33)27(32)23-21-19-17-14-12-10-8-6-4-2/h13,15,20,22,25-27,30-32H,3-12,14,16-19,21,23-24H2,1-2H3,(H,29,33)/b15-13+,22-20+. The number of carbonyl (C=O) groups excluding carboxylic acids is 1. The van der Waals surface area contributed by atoms with E-state index in [1.165, 1.54) is 64.2 Å². The van der Waals surface area contributed by atoms with E-state index < -0.39 is 24.2 Å². The molecule has 0 heterocycles. The van der Waals surface area contributed by atoms with Crippen molar-refractivity contribution < 1.29 is 20.1 Å². The molecule has 5 heteroatoms. The Morgan fingerprint density at radius 1 is 0.727 bits per heavy atom. The van der Waals surface area contributed by atoms with Gasteiger partial charge in [-0.15, -0.1) is 0 Å². The Kier molecular flexibility index (Phi) is 23.1. The quantitative estimate of drug-likeness (QED) is 0.110. The molecule has 3 atom stereocenters. The Hall–Kier alpha value is -1.17. The zero-order chi connectivity index (χ0) is 24.6. The van der Waals surface area contributed by atoms with Gasteiger partial charge in [-0.3, -0.25) is 4.79 Å². The maximum Gasteiger partial charge on any atom is 0.249 e. The summed E-state index contributed by atoms with van der Waals surface area (Å²) < 4.78 is 0. The first-order valence-corrected chi connectivity index (χ1v) is 13.7. The number of nitrogens with one attached hydrogen (secondary N) is 1. The minimum atomic E-state index is -1.10. The molecule has 4 N–H and O–H groups in total. The fourth-order valence-electron chi connectivity index (χ4n) is 3.78. The molecule has 0 spiro atoms. The van der Waals surface area contributed by atoms with E-state index >= 15 is 0 Å². The Bertz CT molecular complexity index is 492. The molecule has 0 saturated heterocycles. The molecular formula is C28H53NO4. The van der Waals surface area contributed by atoms with Crippen LogP contribution in [0, 0.1) is 0 Å². The number of allylic oxidation sites excluding steroid dienone is 3. The molecule has 0 aliphatic carbocycles. The molecule has 0 radical (unpaired) electrons. The Labute approximate surface area is 203 Å². The molecule has 0 fully saturated rings. The fourth-order valence-corrected chi connectivity index (χ4v) is 3.78. The van der Waals surface area contributed by atoms with Crippen LogP contribution in [-0.2, 0) is 4.79 Å². The summed E-state index contributed by atoms with van der Waals surface area (Å²) in [5.74, 6) is -0.521. The largest absolute Gasteiger partial charge is 0.394 e. The fraction of sp³-hybridized carbons (Fsp3) is 0.821. The van der Waals surface area contributed by atoms with Gasteiger partial charge in [0.2, 0.25) is 5.91 Å². The zero-order valence-corrected chi connectivity index (χ0v) is 21.5. The first kappa shape index (κ1) is 31.8. The lowest BCUT2D eigenvalue weighted by atomic mass is 10.0. The van der Waals surface area contributed by atoms with Gasteiger partial charge in [-0.1, -0.05) is 115 Å². The second kappa shape index (κ2) is 24.0. The minimum Gasteiger partial charge on any atom is -0.394 e. The van der Waals surface area contributed by atoms with E-state index in [-0.39, 0.29) is 6.61 Å². The molecular weight excluding hydrogens is 414 g/mol. The van der Waals surface area contributed by atoms with Crippen LogP contribution < -0.4 is 5.32 Å². The van der Waals surface area contributed by atoms with Gasteiger partial charge in [0.05, 0.1) is 18.8 Å². The highest BCUT2D eigenvalue weighted by atomic mass is 16.3. The van der Waals surface area contributed by atoms with Gasteiger partial charge in [0.15, 0.2) is 0 Å². The molecule has 0 aromatic carbocycles. The van der Waals surface area contributed by atoms with Crippen LogP contribution in [0.5, 0.6) is 0 Å². The van der Waals surface area contributed by atoms with Crippen LogP contribution in [-0.4, -0.2) is 46.1 Å². The van der Waals surface area contributed by atoms with Crippen molar-refractivity contribution >= 4 is 5.91 Å². The minimum absolute atomic E-state index is 0.375. The molecule has 33 heavy (non-hydrogen) atoms. The average molecular weight is 468 g/mol. The number of aliphatic hydroxyl groups is 3. The SMILES string of the molecule is CCCCCC/C=C/CC/C=C/C(O)C(CO)NC(=O)C(O)CCCCCCCCCCC. The zero-order valence-electron chi connectivity index (χ0n) is 21.5. The molecule has 0 aliphatic heterocycles. The van der Waals surface area contributed by atoms with Crippen LogP contribution in [0.2, 0.25) is 0 Å². The lowest BCUT2D eigenvalue weighted by Crippen LogP contribution is -2.48. The van der Waals surface area contributed by atoms with E-state index in [9.17, 15) is 20.1 Å². The number of carbonyl (C=O) groups is 1. The number of hydrogen-bond acceptors (Lipinski definition) is 4. The van der Waals surface area contributed by atoms with Crippen LogP contribution in [0.3, 0.4) is 0 Å². The van der Waals surface area contributed by atoms with E-state index in [0.29, 0.717) is 6.42 Å². The van der Waals surface area contributed by atoms with E-state index in [4.69, 9.17) is 0 Å². The maximum atomic E-state index is 12.2. The van der Waals surface area contributed by atoms with Gasteiger partial charge in [0, 0.05) is 0 Å². The number of unbranched alkanes of at least 4 members (excludes halogenated alkanes) is 13. The maximum absolute atomic E-state index is 12.2. The lowest BCUT2D eigenvalue weighted by molar-refractivity contribution is -0.131. The van der Waals surface area contributed by atoms with Crippen molar-refractivity contribution in [2.24, 2.45) is 0 Å². The molecule has 0 saturated carbocycles. The summed E-state index contributed by atoms with van der Waals surface area (Å²) in [4.78, 5) is 12.2. The third kappa shape index (κ3) is 20.0. The molecule has 0 aliphatic rings. The molecule has 194 valence electrons. The highest BCUT2D eigenvalue weighted by Crippen LogP contribution is 2.12. The van der Waals surface area contributed by atoms with Crippen molar-refractivity contribution in [1.82, 2.24) is 5.32 Å². The van der Waals surface area contributed by atoms with Crippen molar-refractivity contribution in [3.8, 4) is 0 Å². The Morgan fingerprint density at radius 2 is 1.24 bits per heavy atom. The van der Waals surface area contributed by atoms with Crippen LogP contribution in [0.1, 0.15) is 123 Å². The molecule has 0 aromatic rings. The lowest BCUT2D eigenvalue weighted by Gasteiger charge is -2.21. The molecule has 0 bridgehead atoms. The number of aliphatic hydroxyl groups excluding tert-OH is 3. The van der Waals surface area contributed by atoms with E-state index in [1.54, 1.807) is 6.08 Å². The summed E-state index contributed by atoms with van der Waals surface area (Å²) in [5.41, 5.74) is 0. The topological polar surface area (TPSA) is 89.8 Å². The number of amides is 1. The molecule has 3 unspecified atom stereocenters. The van der Waals surface area contributed by atoms with Gasteiger partial charge in [-0.2, -0.15) is 0 Å². The van der Waals surface area contributed by atoms with E-state index in [2.05, 4.69) is 31.3 Å². The van der Waals surface area contributed by atoms with Gasteiger partial charge in [-0.25, -0.2) is 0 Å². The highest BCUT2D eigenvalue weighted by Gasteiger charge is 2.22. The monoisotopic (exact) mass is 467 g/mol. The first-order chi connectivity index (χ1) is 16.1.